The molecule has 3 rings (SSSR count). The molecule has 2 aromatic rings. The van der Waals surface area contributed by atoms with Crippen molar-refractivity contribution in [2.75, 3.05) is 0 Å². The highest BCUT2D eigenvalue weighted by atomic mass is 16.4. The maximum Gasteiger partial charge on any atom is 0.417 e. The lowest BCUT2D eigenvalue weighted by Gasteiger charge is -2.21. The summed E-state index contributed by atoms with van der Waals surface area (Å²) in [6, 6.07) is 6.03. The minimum Gasteiger partial charge on any atom is -0.408 e. The topological polar surface area (TPSA) is 46.0 Å². The van der Waals surface area contributed by atoms with Gasteiger partial charge in [-0.2, -0.15) is 0 Å². The van der Waals surface area contributed by atoms with Gasteiger partial charge in [-0.15, -0.1) is 0 Å². The van der Waals surface area contributed by atoms with Crippen LogP contribution in [0.1, 0.15) is 44.1 Å². The van der Waals surface area contributed by atoms with Crippen molar-refractivity contribution in [3.8, 4) is 0 Å². The summed E-state index contributed by atoms with van der Waals surface area (Å²) in [5, 5.41) is 0. The molecule has 0 atom stereocenters. The van der Waals surface area contributed by atoms with E-state index in [0.717, 1.165) is 17.9 Å². The third kappa shape index (κ3) is 2.50. The van der Waals surface area contributed by atoms with Crippen LogP contribution in [0.4, 0.5) is 0 Å². The third-order valence-electron chi connectivity index (χ3n) is 4.05. The minimum absolute atomic E-state index is 0.366. The Bertz CT molecular complexity index is 575. The SMILES string of the molecule is O=c1[nH]c2ccc(CCC3CCCCC3)cc2o1. The molecule has 1 saturated carbocycles. The van der Waals surface area contributed by atoms with Crippen LogP contribution < -0.4 is 5.76 Å². The van der Waals surface area contributed by atoms with Crippen LogP contribution in [0, 0.1) is 5.92 Å². The van der Waals surface area contributed by atoms with E-state index in [-0.39, 0.29) is 5.76 Å². The second kappa shape index (κ2) is 5.01. The van der Waals surface area contributed by atoms with Crippen LogP contribution in [0.15, 0.2) is 27.4 Å². The van der Waals surface area contributed by atoms with Gasteiger partial charge in [-0.1, -0.05) is 38.2 Å². The highest BCUT2D eigenvalue weighted by molar-refractivity contribution is 5.72. The van der Waals surface area contributed by atoms with Crippen LogP contribution in [-0.2, 0) is 6.42 Å². The first kappa shape index (κ1) is 11.6. The van der Waals surface area contributed by atoms with E-state index >= 15 is 0 Å². The van der Waals surface area contributed by atoms with Crippen LogP contribution in [0.25, 0.3) is 11.1 Å². The average Bonchev–Trinajstić information content (AvgIpc) is 2.77. The molecule has 1 aliphatic rings. The van der Waals surface area contributed by atoms with Crippen molar-refractivity contribution in [3.63, 3.8) is 0 Å². The maximum absolute atomic E-state index is 11.1. The van der Waals surface area contributed by atoms with Gasteiger partial charge in [0.1, 0.15) is 0 Å². The molecule has 1 aromatic heterocycles. The zero-order valence-corrected chi connectivity index (χ0v) is 10.6. The molecule has 0 spiro atoms. The number of benzene rings is 1. The first-order valence-electron chi connectivity index (χ1n) is 6.93. The Hall–Kier alpha value is -1.51. The van der Waals surface area contributed by atoms with Gasteiger partial charge >= 0.3 is 5.76 Å². The van der Waals surface area contributed by atoms with E-state index in [1.807, 2.05) is 12.1 Å². The molecule has 1 fully saturated rings. The molecule has 0 saturated heterocycles. The Morgan fingerprint density at radius 3 is 2.89 bits per heavy atom. The van der Waals surface area contributed by atoms with Gasteiger partial charge in [0.2, 0.25) is 0 Å². The van der Waals surface area contributed by atoms with Crippen molar-refractivity contribution in [2.45, 2.75) is 44.9 Å². The third-order valence-corrected chi connectivity index (χ3v) is 4.05. The molecule has 3 nitrogen and oxygen atoms in total. The highest BCUT2D eigenvalue weighted by Gasteiger charge is 2.13. The van der Waals surface area contributed by atoms with Crippen molar-refractivity contribution < 1.29 is 4.42 Å². The molecule has 0 unspecified atom stereocenters. The fourth-order valence-electron chi connectivity index (χ4n) is 2.99. The average molecular weight is 245 g/mol. The summed E-state index contributed by atoms with van der Waals surface area (Å²) in [7, 11) is 0. The van der Waals surface area contributed by atoms with Gasteiger partial charge in [-0.05, 0) is 36.5 Å². The number of aromatic nitrogens is 1. The summed E-state index contributed by atoms with van der Waals surface area (Å²) in [6.45, 7) is 0. The number of rotatable bonds is 3. The Balaban J connectivity index is 1.68. The van der Waals surface area contributed by atoms with Crippen molar-refractivity contribution in [2.24, 2.45) is 5.92 Å². The molecule has 1 N–H and O–H groups in total. The van der Waals surface area contributed by atoms with Gasteiger partial charge < -0.3 is 4.42 Å². The molecule has 0 radical (unpaired) electrons. The molecule has 0 bridgehead atoms. The monoisotopic (exact) mass is 245 g/mol. The molecular weight excluding hydrogens is 226 g/mol. The van der Waals surface area contributed by atoms with E-state index in [2.05, 4.69) is 11.1 Å². The Kier molecular flexibility index (Phi) is 3.22. The first-order valence-corrected chi connectivity index (χ1v) is 6.93. The second-order valence-corrected chi connectivity index (χ2v) is 5.39. The summed E-state index contributed by atoms with van der Waals surface area (Å²) < 4.78 is 5.09. The van der Waals surface area contributed by atoms with Crippen LogP contribution in [0.2, 0.25) is 0 Å². The quantitative estimate of drug-likeness (QED) is 0.897. The summed E-state index contributed by atoms with van der Waals surface area (Å²) in [5.74, 6) is 0.530. The number of oxazole rings is 1. The number of aryl methyl sites for hydroxylation is 1. The van der Waals surface area contributed by atoms with Crippen LogP contribution in [0.5, 0.6) is 0 Å². The zero-order chi connectivity index (χ0) is 12.4. The molecule has 18 heavy (non-hydrogen) atoms. The zero-order valence-electron chi connectivity index (χ0n) is 10.6. The number of fused-ring (bicyclic) bond motifs is 1. The number of hydrogen-bond acceptors (Lipinski definition) is 2. The minimum atomic E-state index is -0.366. The van der Waals surface area contributed by atoms with Crippen molar-refractivity contribution in [1.29, 1.82) is 0 Å². The van der Waals surface area contributed by atoms with Crippen LogP contribution in [0.3, 0.4) is 0 Å². The van der Waals surface area contributed by atoms with Gasteiger partial charge in [-0.3, -0.25) is 4.98 Å². The number of aromatic amines is 1. The molecule has 96 valence electrons. The summed E-state index contributed by atoms with van der Waals surface area (Å²) >= 11 is 0. The van der Waals surface area contributed by atoms with E-state index in [1.165, 1.54) is 44.1 Å². The van der Waals surface area contributed by atoms with Crippen LogP contribution >= 0.6 is 0 Å². The molecule has 1 heterocycles. The largest absolute Gasteiger partial charge is 0.417 e. The molecule has 1 aromatic carbocycles. The lowest BCUT2D eigenvalue weighted by atomic mass is 9.85. The summed E-state index contributed by atoms with van der Waals surface area (Å²) in [6.07, 6.45) is 9.35. The highest BCUT2D eigenvalue weighted by Crippen LogP contribution is 2.27. The van der Waals surface area contributed by atoms with E-state index in [1.54, 1.807) is 0 Å². The molecule has 1 aliphatic carbocycles. The molecule has 0 amide bonds. The molecule has 3 heteroatoms. The van der Waals surface area contributed by atoms with Crippen molar-refractivity contribution in [3.05, 3.63) is 34.3 Å². The number of hydrogen-bond donors (Lipinski definition) is 1. The Morgan fingerprint density at radius 1 is 1.22 bits per heavy atom. The van der Waals surface area contributed by atoms with E-state index in [4.69, 9.17) is 4.42 Å². The molecule has 0 aliphatic heterocycles. The standard InChI is InChI=1S/C15H19NO2/c17-15-16-13-9-8-12(10-14(13)18-15)7-6-11-4-2-1-3-5-11/h8-11H,1-7H2,(H,16,17). The van der Waals surface area contributed by atoms with E-state index in [0.29, 0.717) is 5.58 Å². The molecular formula is C15H19NO2. The van der Waals surface area contributed by atoms with E-state index in [9.17, 15) is 4.79 Å². The normalized spacial score (nSPS) is 17.3. The van der Waals surface area contributed by atoms with Gasteiger partial charge in [-0.25, -0.2) is 4.79 Å². The van der Waals surface area contributed by atoms with Crippen LogP contribution in [-0.4, -0.2) is 4.98 Å². The van der Waals surface area contributed by atoms with Gasteiger partial charge in [0.25, 0.3) is 0 Å². The summed E-state index contributed by atoms with van der Waals surface area (Å²) in [4.78, 5) is 13.8. The lowest BCUT2D eigenvalue weighted by Crippen LogP contribution is -2.07. The first-order chi connectivity index (χ1) is 8.81. The van der Waals surface area contributed by atoms with Crippen molar-refractivity contribution >= 4 is 11.1 Å². The fraction of sp³-hybridized carbons (Fsp3) is 0.533. The van der Waals surface area contributed by atoms with Gasteiger partial charge in [0.05, 0.1) is 5.52 Å². The predicted octanol–water partition coefficient (Wildman–Crippen LogP) is 3.63. The fourth-order valence-corrected chi connectivity index (χ4v) is 2.99. The van der Waals surface area contributed by atoms with Gasteiger partial charge in [0, 0.05) is 0 Å². The summed E-state index contributed by atoms with van der Waals surface area (Å²) in [5.41, 5.74) is 2.75. The number of H-pyrrole nitrogens is 1. The van der Waals surface area contributed by atoms with Crippen molar-refractivity contribution in [1.82, 2.24) is 4.98 Å². The van der Waals surface area contributed by atoms with E-state index < -0.39 is 0 Å². The Morgan fingerprint density at radius 2 is 2.06 bits per heavy atom. The lowest BCUT2D eigenvalue weighted by molar-refractivity contribution is 0.339. The smallest absolute Gasteiger partial charge is 0.408 e. The Labute approximate surface area is 106 Å². The van der Waals surface area contributed by atoms with Gasteiger partial charge in [0.15, 0.2) is 5.58 Å². The number of nitrogens with one attached hydrogen (secondary N) is 1. The second-order valence-electron chi connectivity index (χ2n) is 5.39. The predicted molar refractivity (Wildman–Crippen MR) is 71.7 cm³/mol. The maximum atomic E-state index is 11.1.